The van der Waals surface area contributed by atoms with Crippen LogP contribution in [0.3, 0.4) is 0 Å². The van der Waals surface area contributed by atoms with Crippen LogP contribution in [-0.2, 0) is 9.84 Å². The molecule has 3 rings (SSSR count). The summed E-state index contributed by atoms with van der Waals surface area (Å²) in [7, 11) is -3.65. The van der Waals surface area contributed by atoms with Gasteiger partial charge in [-0.25, -0.2) is 8.42 Å². The summed E-state index contributed by atoms with van der Waals surface area (Å²) in [6.45, 7) is 1.14. The number of benzene rings is 2. The van der Waals surface area contributed by atoms with Crippen molar-refractivity contribution in [3.63, 3.8) is 0 Å². The summed E-state index contributed by atoms with van der Waals surface area (Å²) in [4.78, 5) is 0.226. The number of aliphatic hydroxyl groups excluding tert-OH is 2. The van der Waals surface area contributed by atoms with Gasteiger partial charge in [-0.2, -0.15) is 0 Å². The molecule has 0 spiro atoms. The first-order valence-electron chi connectivity index (χ1n) is 7.64. The van der Waals surface area contributed by atoms with Crippen molar-refractivity contribution in [1.82, 2.24) is 0 Å². The smallest absolute Gasteiger partial charge is 0.182 e. The molecule has 4 nitrogen and oxygen atoms in total. The second-order valence-corrected chi connectivity index (χ2v) is 9.34. The number of rotatable bonds is 5. The van der Waals surface area contributed by atoms with Crippen molar-refractivity contribution in [3.8, 4) is 0 Å². The van der Waals surface area contributed by atoms with Crippen molar-refractivity contribution in [3.05, 3.63) is 64.1 Å². The number of hydrogen-bond acceptors (Lipinski definition) is 4. The number of aliphatic hydroxyl groups is 2. The number of hydrogen-bond donors (Lipinski definition) is 2. The van der Waals surface area contributed by atoms with E-state index in [2.05, 4.69) is 15.9 Å². The van der Waals surface area contributed by atoms with Crippen LogP contribution in [0.1, 0.15) is 17.0 Å². The second kappa shape index (κ2) is 6.26. The molecule has 0 amide bonds. The summed E-state index contributed by atoms with van der Waals surface area (Å²) in [5.41, 5.74) is 0.740. The Morgan fingerprint density at radius 1 is 1.00 bits per heavy atom. The molecule has 1 aliphatic carbocycles. The lowest BCUT2D eigenvalue weighted by Gasteiger charge is -2.11. The van der Waals surface area contributed by atoms with Gasteiger partial charge in [0.1, 0.15) is 0 Å². The van der Waals surface area contributed by atoms with E-state index in [1.54, 1.807) is 24.3 Å². The third-order valence-corrected chi connectivity index (χ3v) is 7.75. The topological polar surface area (TPSA) is 74.6 Å². The van der Waals surface area contributed by atoms with Crippen molar-refractivity contribution in [2.75, 3.05) is 13.2 Å². The van der Waals surface area contributed by atoms with Gasteiger partial charge in [-0.3, -0.25) is 0 Å². The Hall–Kier alpha value is -1.21. The summed E-state index contributed by atoms with van der Waals surface area (Å²) in [6, 6.07) is 14.0. The molecular formula is C18H19BrO4S. The highest BCUT2D eigenvalue weighted by Gasteiger charge is 2.70. The molecule has 0 unspecified atom stereocenters. The predicted octanol–water partition coefficient (Wildman–Crippen LogP) is 2.67. The van der Waals surface area contributed by atoms with Gasteiger partial charge in [-0.1, -0.05) is 45.8 Å². The summed E-state index contributed by atoms with van der Waals surface area (Å²) >= 11 is 3.36. The molecule has 0 radical (unpaired) electrons. The fourth-order valence-corrected chi connectivity index (χ4v) is 6.11. The zero-order chi connectivity index (χ0) is 17.5. The highest BCUT2D eigenvalue weighted by molar-refractivity contribution is 9.10. The predicted molar refractivity (Wildman–Crippen MR) is 95.6 cm³/mol. The van der Waals surface area contributed by atoms with E-state index < -0.39 is 26.4 Å². The van der Waals surface area contributed by atoms with Crippen LogP contribution in [0.15, 0.2) is 57.9 Å². The monoisotopic (exact) mass is 410 g/mol. The maximum Gasteiger partial charge on any atom is 0.182 e. The number of halogens is 1. The lowest BCUT2D eigenvalue weighted by molar-refractivity contribution is 0.130. The minimum atomic E-state index is -3.65. The lowest BCUT2D eigenvalue weighted by atomic mass is 10.0. The van der Waals surface area contributed by atoms with Gasteiger partial charge in [0.15, 0.2) is 9.84 Å². The van der Waals surface area contributed by atoms with Crippen LogP contribution in [0, 0.1) is 12.3 Å². The number of sulfone groups is 1. The quantitative estimate of drug-likeness (QED) is 0.794. The van der Waals surface area contributed by atoms with Crippen LogP contribution >= 0.6 is 15.9 Å². The molecule has 128 valence electrons. The van der Waals surface area contributed by atoms with Gasteiger partial charge >= 0.3 is 0 Å². The van der Waals surface area contributed by atoms with E-state index in [9.17, 15) is 18.6 Å². The summed E-state index contributed by atoms with van der Waals surface area (Å²) in [6.07, 6.45) is 0. The van der Waals surface area contributed by atoms with E-state index in [-0.39, 0.29) is 18.1 Å². The first-order valence-corrected chi connectivity index (χ1v) is 9.98. The van der Waals surface area contributed by atoms with Crippen LogP contribution in [0.2, 0.25) is 0 Å². The summed E-state index contributed by atoms with van der Waals surface area (Å²) < 4.78 is 27.0. The van der Waals surface area contributed by atoms with E-state index in [0.717, 1.165) is 15.6 Å². The van der Waals surface area contributed by atoms with Gasteiger partial charge in [-0.15, -0.1) is 0 Å². The molecule has 0 aromatic heterocycles. The van der Waals surface area contributed by atoms with Gasteiger partial charge in [0, 0.05) is 15.8 Å². The van der Waals surface area contributed by atoms with E-state index in [1.807, 2.05) is 31.2 Å². The lowest BCUT2D eigenvalue weighted by Crippen LogP contribution is -2.23. The third kappa shape index (κ3) is 2.71. The third-order valence-electron chi connectivity index (χ3n) is 4.88. The van der Waals surface area contributed by atoms with Gasteiger partial charge in [0.2, 0.25) is 0 Å². The molecule has 0 saturated heterocycles. The van der Waals surface area contributed by atoms with Gasteiger partial charge in [-0.05, 0) is 36.8 Å². The normalized spacial score (nSPS) is 22.3. The average molecular weight is 411 g/mol. The van der Waals surface area contributed by atoms with Gasteiger partial charge in [0.05, 0.1) is 23.4 Å². The molecule has 24 heavy (non-hydrogen) atoms. The Morgan fingerprint density at radius 2 is 1.54 bits per heavy atom. The molecule has 2 N–H and O–H groups in total. The first kappa shape index (κ1) is 17.6. The van der Waals surface area contributed by atoms with Crippen LogP contribution in [0.5, 0.6) is 0 Å². The van der Waals surface area contributed by atoms with E-state index in [0.29, 0.717) is 0 Å². The zero-order valence-corrected chi connectivity index (χ0v) is 15.6. The summed E-state index contributed by atoms with van der Waals surface area (Å²) in [5, 5.41) is 18.8. The Kier molecular flexibility index (Phi) is 4.59. The molecular weight excluding hydrogens is 392 g/mol. The fraction of sp³-hybridized carbons (Fsp3) is 0.333. The van der Waals surface area contributed by atoms with E-state index in [4.69, 9.17) is 0 Å². The van der Waals surface area contributed by atoms with Crippen molar-refractivity contribution >= 4 is 25.8 Å². The molecule has 1 fully saturated rings. The first-order chi connectivity index (χ1) is 11.4. The maximum atomic E-state index is 13.1. The Morgan fingerprint density at radius 3 is 2.04 bits per heavy atom. The highest BCUT2D eigenvalue weighted by atomic mass is 79.9. The van der Waals surface area contributed by atoms with Crippen molar-refractivity contribution in [2.24, 2.45) is 5.41 Å². The molecule has 0 aliphatic heterocycles. The summed E-state index contributed by atoms with van der Waals surface area (Å²) in [5.74, 6) is -0.424. The largest absolute Gasteiger partial charge is 0.396 e. The molecule has 0 heterocycles. The van der Waals surface area contributed by atoms with Crippen LogP contribution in [0.25, 0.3) is 0 Å². The minimum Gasteiger partial charge on any atom is -0.396 e. The fourth-order valence-electron chi connectivity index (χ4n) is 3.42. The minimum absolute atomic E-state index is 0.226. The van der Waals surface area contributed by atoms with Crippen LogP contribution < -0.4 is 0 Å². The molecule has 6 heteroatoms. The second-order valence-electron chi connectivity index (χ2n) is 6.36. The van der Waals surface area contributed by atoms with Crippen molar-refractivity contribution in [1.29, 1.82) is 0 Å². The Bertz CT molecular complexity index is 824. The Balaban J connectivity index is 2.04. The maximum absolute atomic E-state index is 13.1. The molecule has 2 atom stereocenters. The molecule has 2 aromatic carbocycles. The molecule has 1 aliphatic rings. The molecule has 0 bridgehead atoms. The van der Waals surface area contributed by atoms with Crippen molar-refractivity contribution in [2.45, 2.75) is 23.0 Å². The average Bonchev–Trinajstić information content (AvgIpc) is 3.26. The number of aryl methyl sites for hydroxylation is 1. The van der Waals surface area contributed by atoms with Crippen molar-refractivity contribution < 1.29 is 18.6 Å². The Labute approximate surface area is 150 Å². The zero-order valence-electron chi connectivity index (χ0n) is 13.2. The molecule has 2 aromatic rings. The van der Waals surface area contributed by atoms with Gasteiger partial charge < -0.3 is 10.2 Å². The van der Waals surface area contributed by atoms with Crippen LogP contribution in [0.4, 0.5) is 0 Å². The van der Waals surface area contributed by atoms with E-state index >= 15 is 0 Å². The SMILES string of the molecule is Cc1ccc(S(=O)(=O)[C@@H]2[C@@H](c3ccc(Br)cc3)C2(CO)CO)cc1. The standard InChI is InChI=1S/C18H19BrO4S/c1-12-2-8-15(9-3-12)24(22,23)17-16(18(17,10-20)11-21)13-4-6-14(19)7-5-13/h2-9,16-17,20-21H,10-11H2,1H3/t16-,17-/m1/s1. The molecule has 1 saturated carbocycles. The van der Waals surface area contributed by atoms with Gasteiger partial charge in [0.25, 0.3) is 0 Å². The van der Waals surface area contributed by atoms with Crippen LogP contribution in [-0.4, -0.2) is 37.1 Å². The highest BCUT2D eigenvalue weighted by Crippen LogP contribution is 2.63. The van der Waals surface area contributed by atoms with E-state index in [1.165, 1.54) is 0 Å².